The minimum Gasteiger partial charge on any atom is -0.478 e. The first-order valence-electron chi connectivity index (χ1n) is 5.85. The molecule has 0 aliphatic heterocycles. The first-order valence-corrected chi connectivity index (χ1v) is 6.23. The molecule has 1 saturated carbocycles. The molecule has 19 heavy (non-hydrogen) atoms. The number of carboxylic acids is 1. The molecule has 1 fully saturated rings. The maximum Gasteiger partial charge on any atom is 0.338 e. The fourth-order valence-electron chi connectivity index (χ4n) is 1.96. The van der Waals surface area contributed by atoms with Crippen molar-refractivity contribution in [2.24, 2.45) is 11.8 Å². The number of nitrogens with one attached hydrogen (secondary N) is 1. The molecule has 0 aromatic heterocycles. The second kappa shape index (κ2) is 5.05. The molecule has 0 heterocycles. The zero-order valence-corrected chi connectivity index (χ0v) is 11.0. The Balaban J connectivity index is 2.29. The van der Waals surface area contributed by atoms with Gasteiger partial charge >= 0.3 is 5.97 Å². The van der Waals surface area contributed by atoms with E-state index in [2.05, 4.69) is 12.2 Å². The van der Waals surface area contributed by atoms with Crippen LogP contribution in [-0.2, 0) is 0 Å². The van der Waals surface area contributed by atoms with Crippen molar-refractivity contribution < 1.29 is 14.8 Å². The lowest BCUT2D eigenvalue weighted by Crippen LogP contribution is -2.10. The number of non-ortho nitro benzene ring substituents is 1. The summed E-state index contributed by atoms with van der Waals surface area (Å²) >= 11 is 5.93. The Morgan fingerprint density at radius 1 is 1.63 bits per heavy atom. The van der Waals surface area contributed by atoms with Crippen molar-refractivity contribution in [3.8, 4) is 0 Å². The lowest BCUT2D eigenvalue weighted by atomic mass is 10.1. The first kappa shape index (κ1) is 13.6. The fourth-order valence-corrected chi connectivity index (χ4v) is 2.24. The smallest absolute Gasteiger partial charge is 0.338 e. The average Bonchev–Trinajstić information content (AvgIpc) is 3.02. The molecule has 2 atom stereocenters. The molecular weight excluding hydrogens is 272 g/mol. The van der Waals surface area contributed by atoms with Gasteiger partial charge in [0.25, 0.3) is 5.69 Å². The van der Waals surface area contributed by atoms with Crippen molar-refractivity contribution in [1.82, 2.24) is 0 Å². The Bertz CT molecular complexity index is 547. The zero-order valence-electron chi connectivity index (χ0n) is 10.2. The summed E-state index contributed by atoms with van der Waals surface area (Å²) in [6.45, 7) is 2.74. The highest BCUT2D eigenvalue weighted by molar-refractivity contribution is 6.34. The van der Waals surface area contributed by atoms with Gasteiger partial charge in [0.1, 0.15) is 0 Å². The van der Waals surface area contributed by atoms with Crippen LogP contribution in [0.4, 0.5) is 11.4 Å². The number of aromatic carboxylic acids is 1. The van der Waals surface area contributed by atoms with Crippen molar-refractivity contribution in [3.63, 3.8) is 0 Å². The maximum absolute atomic E-state index is 11.2. The van der Waals surface area contributed by atoms with Gasteiger partial charge in [-0.1, -0.05) is 18.5 Å². The summed E-state index contributed by atoms with van der Waals surface area (Å²) in [6, 6.07) is 2.18. The number of carboxylic acid groups (broad SMARTS) is 1. The molecule has 0 amide bonds. The summed E-state index contributed by atoms with van der Waals surface area (Å²) in [5, 5.41) is 22.8. The third-order valence-corrected chi connectivity index (χ3v) is 3.63. The summed E-state index contributed by atoms with van der Waals surface area (Å²) in [7, 11) is 0. The van der Waals surface area contributed by atoms with Crippen LogP contribution in [0.5, 0.6) is 0 Å². The molecule has 2 unspecified atom stereocenters. The van der Waals surface area contributed by atoms with Crippen molar-refractivity contribution >= 4 is 28.9 Å². The topological polar surface area (TPSA) is 92.5 Å². The van der Waals surface area contributed by atoms with Crippen LogP contribution in [-0.4, -0.2) is 22.5 Å². The number of hydrogen-bond donors (Lipinski definition) is 2. The number of rotatable bonds is 5. The van der Waals surface area contributed by atoms with Crippen LogP contribution < -0.4 is 5.32 Å². The van der Waals surface area contributed by atoms with Gasteiger partial charge in [-0.25, -0.2) is 4.79 Å². The Hall–Kier alpha value is -1.82. The van der Waals surface area contributed by atoms with E-state index in [1.54, 1.807) is 0 Å². The second-order valence-corrected chi connectivity index (χ2v) is 5.17. The van der Waals surface area contributed by atoms with Gasteiger partial charge < -0.3 is 10.4 Å². The summed E-state index contributed by atoms with van der Waals surface area (Å²) in [5.74, 6) is -0.109. The second-order valence-electron chi connectivity index (χ2n) is 4.77. The van der Waals surface area contributed by atoms with E-state index >= 15 is 0 Å². The Morgan fingerprint density at radius 3 is 2.74 bits per heavy atom. The summed E-state index contributed by atoms with van der Waals surface area (Å²) in [6.07, 6.45) is 1.10. The van der Waals surface area contributed by atoms with Gasteiger partial charge in [-0.3, -0.25) is 10.1 Å². The number of halogens is 1. The molecule has 1 aromatic carbocycles. The molecule has 1 aliphatic carbocycles. The van der Waals surface area contributed by atoms with Crippen molar-refractivity contribution in [3.05, 3.63) is 32.8 Å². The van der Waals surface area contributed by atoms with Gasteiger partial charge in [-0.15, -0.1) is 0 Å². The number of anilines is 1. The van der Waals surface area contributed by atoms with E-state index in [0.29, 0.717) is 18.4 Å². The Morgan fingerprint density at radius 2 is 2.26 bits per heavy atom. The molecular formula is C12H13ClN2O4. The minimum atomic E-state index is -1.24. The molecule has 102 valence electrons. The monoisotopic (exact) mass is 284 g/mol. The predicted octanol–water partition coefficient (Wildman–Crippen LogP) is 3.01. The van der Waals surface area contributed by atoms with Crippen LogP contribution in [0, 0.1) is 22.0 Å². The van der Waals surface area contributed by atoms with Gasteiger partial charge in [0, 0.05) is 18.7 Å². The van der Waals surface area contributed by atoms with Crippen LogP contribution in [0.1, 0.15) is 23.7 Å². The predicted molar refractivity (Wildman–Crippen MR) is 70.8 cm³/mol. The molecule has 0 radical (unpaired) electrons. The standard InChI is InChI=1S/C12H13ClN2O4/c1-6-2-7(6)5-14-11-9(12(16)17)3-8(15(18)19)4-10(11)13/h3-4,6-7,14H,2,5H2,1H3,(H,16,17). The zero-order chi connectivity index (χ0) is 14.2. The SMILES string of the molecule is CC1CC1CNc1c(Cl)cc([N+](=O)[O-])cc1C(=O)O. The number of benzene rings is 1. The van der Waals surface area contributed by atoms with Gasteiger partial charge in [0.15, 0.2) is 0 Å². The van der Waals surface area contributed by atoms with Gasteiger partial charge in [0.05, 0.1) is 21.2 Å². The largest absolute Gasteiger partial charge is 0.478 e. The number of nitro benzene ring substituents is 1. The molecule has 0 spiro atoms. The van der Waals surface area contributed by atoms with Crippen molar-refractivity contribution in [2.75, 3.05) is 11.9 Å². The highest BCUT2D eigenvalue weighted by atomic mass is 35.5. The van der Waals surface area contributed by atoms with Gasteiger partial charge in [0.2, 0.25) is 0 Å². The molecule has 1 aliphatic rings. The Kier molecular flexibility index (Phi) is 3.61. The number of carbonyl (C=O) groups is 1. The molecule has 0 saturated heterocycles. The van der Waals surface area contributed by atoms with Crippen LogP contribution in [0.25, 0.3) is 0 Å². The number of hydrogen-bond acceptors (Lipinski definition) is 4. The summed E-state index contributed by atoms with van der Waals surface area (Å²) in [4.78, 5) is 21.2. The van der Waals surface area contributed by atoms with Crippen LogP contribution in [0.15, 0.2) is 12.1 Å². The molecule has 7 heteroatoms. The lowest BCUT2D eigenvalue weighted by Gasteiger charge is -2.11. The Labute approximate surface area is 114 Å². The fraction of sp³-hybridized carbons (Fsp3) is 0.417. The van der Waals surface area contributed by atoms with E-state index in [1.807, 2.05) is 0 Å². The van der Waals surface area contributed by atoms with E-state index < -0.39 is 10.9 Å². The lowest BCUT2D eigenvalue weighted by molar-refractivity contribution is -0.384. The van der Waals surface area contributed by atoms with Gasteiger partial charge in [-0.2, -0.15) is 0 Å². The maximum atomic E-state index is 11.2. The normalized spacial score (nSPS) is 20.9. The van der Waals surface area contributed by atoms with E-state index in [-0.39, 0.29) is 22.0 Å². The quantitative estimate of drug-likeness (QED) is 0.640. The average molecular weight is 285 g/mol. The molecule has 1 aromatic rings. The van der Waals surface area contributed by atoms with Crippen LogP contribution in [0.3, 0.4) is 0 Å². The minimum absolute atomic E-state index is 0.0555. The van der Waals surface area contributed by atoms with E-state index in [0.717, 1.165) is 18.6 Å². The third-order valence-electron chi connectivity index (χ3n) is 3.33. The molecule has 6 nitrogen and oxygen atoms in total. The van der Waals surface area contributed by atoms with E-state index in [9.17, 15) is 14.9 Å². The first-order chi connectivity index (χ1) is 8.90. The van der Waals surface area contributed by atoms with Crippen molar-refractivity contribution in [2.45, 2.75) is 13.3 Å². The summed E-state index contributed by atoms with van der Waals surface area (Å²) in [5.41, 5.74) is -0.251. The van der Waals surface area contributed by atoms with E-state index in [4.69, 9.17) is 16.7 Å². The molecule has 0 bridgehead atoms. The molecule has 2 rings (SSSR count). The summed E-state index contributed by atoms with van der Waals surface area (Å²) < 4.78 is 0. The van der Waals surface area contributed by atoms with Gasteiger partial charge in [-0.05, 0) is 18.3 Å². The van der Waals surface area contributed by atoms with Crippen LogP contribution >= 0.6 is 11.6 Å². The van der Waals surface area contributed by atoms with E-state index in [1.165, 1.54) is 0 Å². The van der Waals surface area contributed by atoms with Crippen LogP contribution in [0.2, 0.25) is 5.02 Å². The molecule has 2 N–H and O–H groups in total. The highest BCUT2D eigenvalue weighted by Crippen LogP contribution is 2.39. The van der Waals surface area contributed by atoms with Crippen molar-refractivity contribution in [1.29, 1.82) is 0 Å². The number of nitrogens with zero attached hydrogens (tertiary/aromatic N) is 1. The third kappa shape index (κ3) is 2.96. The highest BCUT2D eigenvalue weighted by Gasteiger charge is 2.32. The number of nitro groups is 1.